The molecular formula is C38H49NO8. The summed E-state index contributed by atoms with van der Waals surface area (Å²) in [6.07, 6.45) is 14.4. The molecule has 0 radical (unpaired) electrons. The van der Waals surface area contributed by atoms with E-state index in [2.05, 4.69) is 4.98 Å². The summed E-state index contributed by atoms with van der Waals surface area (Å²) in [5.41, 5.74) is 2.67. The Labute approximate surface area is 277 Å². The van der Waals surface area contributed by atoms with Crippen molar-refractivity contribution in [1.29, 1.82) is 0 Å². The van der Waals surface area contributed by atoms with Crippen LogP contribution in [0.15, 0.2) is 54.9 Å². The second-order valence-corrected chi connectivity index (χ2v) is 13.1. The SMILES string of the molecule is COc1cc(C[C@H](CCCCC2CCCC2)[C@H]2C[C@H](OC(C)=O)C[C@@H](c3cc(O)c(O)c(OCCc4cccnc4)c3)O2)ccc1O. The highest BCUT2D eigenvalue weighted by molar-refractivity contribution is 5.66. The third kappa shape index (κ3) is 9.76. The van der Waals surface area contributed by atoms with E-state index in [1.54, 1.807) is 31.6 Å². The maximum Gasteiger partial charge on any atom is 0.302 e. The van der Waals surface area contributed by atoms with Gasteiger partial charge in [0.05, 0.1) is 25.9 Å². The molecule has 254 valence electrons. The van der Waals surface area contributed by atoms with Crippen molar-refractivity contribution < 1.29 is 39.1 Å². The minimum absolute atomic E-state index is 0.0962. The van der Waals surface area contributed by atoms with Crippen LogP contribution in [0.25, 0.3) is 0 Å². The molecule has 1 saturated heterocycles. The summed E-state index contributed by atoms with van der Waals surface area (Å²) < 4.78 is 23.9. The van der Waals surface area contributed by atoms with Crippen LogP contribution in [0.4, 0.5) is 0 Å². The first-order valence-corrected chi connectivity index (χ1v) is 17.0. The number of methoxy groups -OCH3 is 1. The van der Waals surface area contributed by atoms with E-state index >= 15 is 0 Å². The molecule has 1 saturated carbocycles. The fourth-order valence-corrected chi connectivity index (χ4v) is 7.21. The first-order valence-electron chi connectivity index (χ1n) is 17.0. The van der Waals surface area contributed by atoms with E-state index in [9.17, 15) is 20.1 Å². The first-order chi connectivity index (χ1) is 22.8. The minimum Gasteiger partial charge on any atom is -0.504 e. The van der Waals surface area contributed by atoms with E-state index < -0.39 is 6.10 Å². The molecule has 4 atom stereocenters. The average molecular weight is 648 g/mol. The van der Waals surface area contributed by atoms with Gasteiger partial charge in [0.25, 0.3) is 0 Å². The van der Waals surface area contributed by atoms with Gasteiger partial charge in [-0.1, -0.05) is 57.1 Å². The Hall–Kier alpha value is -3.98. The lowest BCUT2D eigenvalue weighted by atomic mass is 9.83. The first kappa shape index (κ1) is 34.4. The summed E-state index contributed by atoms with van der Waals surface area (Å²) in [6.45, 7) is 1.70. The van der Waals surface area contributed by atoms with Crippen molar-refractivity contribution in [3.63, 3.8) is 0 Å². The molecule has 47 heavy (non-hydrogen) atoms. The molecular weight excluding hydrogens is 598 g/mol. The minimum atomic E-state index is -0.499. The maximum absolute atomic E-state index is 12.2. The topological polar surface area (TPSA) is 128 Å². The Bertz CT molecular complexity index is 1440. The lowest BCUT2D eigenvalue weighted by Gasteiger charge is -2.39. The number of ether oxygens (including phenoxy) is 4. The van der Waals surface area contributed by atoms with E-state index in [0.717, 1.165) is 36.3 Å². The lowest BCUT2D eigenvalue weighted by Crippen LogP contribution is -2.39. The maximum atomic E-state index is 12.2. The second-order valence-electron chi connectivity index (χ2n) is 13.1. The number of esters is 1. The van der Waals surface area contributed by atoms with Gasteiger partial charge in [-0.15, -0.1) is 0 Å². The Balaban J connectivity index is 1.35. The summed E-state index contributed by atoms with van der Waals surface area (Å²) in [7, 11) is 1.54. The molecule has 9 heteroatoms. The van der Waals surface area contributed by atoms with E-state index in [1.807, 2.05) is 24.3 Å². The molecule has 1 aliphatic carbocycles. The Morgan fingerprint density at radius 1 is 1.00 bits per heavy atom. The molecule has 0 spiro atoms. The quantitative estimate of drug-likeness (QED) is 0.0868. The Morgan fingerprint density at radius 3 is 2.57 bits per heavy atom. The molecule has 3 aromatic rings. The van der Waals surface area contributed by atoms with Gasteiger partial charge >= 0.3 is 5.97 Å². The molecule has 9 nitrogen and oxygen atoms in total. The number of carbonyl (C=O) groups excluding carboxylic acids is 1. The molecule has 0 amide bonds. The van der Waals surface area contributed by atoms with Gasteiger partial charge in [0.15, 0.2) is 23.0 Å². The zero-order chi connectivity index (χ0) is 33.2. The predicted octanol–water partition coefficient (Wildman–Crippen LogP) is 7.59. The van der Waals surface area contributed by atoms with Crippen molar-refractivity contribution in [3.8, 4) is 28.7 Å². The number of phenolic OH excluding ortho intramolecular Hbond substituents is 3. The van der Waals surface area contributed by atoms with Crippen LogP contribution >= 0.6 is 0 Å². The summed E-state index contributed by atoms with van der Waals surface area (Å²) >= 11 is 0. The third-order valence-electron chi connectivity index (χ3n) is 9.64. The molecule has 2 heterocycles. The third-order valence-corrected chi connectivity index (χ3v) is 9.64. The van der Waals surface area contributed by atoms with E-state index in [4.69, 9.17) is 18.9 Å². The number of rotatable bonds is 15. The number of benzene rings is 2. The van der Waals surface area contributed by atoms with Crippen LogP contribution in [-0.4, -0.2) is 52.2 Å². The van der Waals surface area contributed by atoms with E-state index in [-0.39, 0.29) is 53.7 Å². The van der Waals surface area contributed by atoms with Gasteiger partial charge in [-0.05, 0) is 71.7 Å². The van der Waals surface area contributed by atoms with E-state index in [0.29, 0.717) is 37.0 Å². The van der Waals surface area contributed by atoms with Crippen LogP contribution in [0.1, 0.15) is 93.9 Å². The van der Waals surface area contributed by atoms with Crippen molar-refractivity contribution in [3.05, 3.63) is 71.5 Å². The molecule has 3 N–H and O–H groups in total. The van der Waals surface area contributed by atoms with Gasteiger partial charge < -0.3 is 34.3 Å². The number of carbonyl (C=O) groups is 1. The predicted molar refractivity (Wildman–Crippen MR) is 178 cm³/mol. The largest absolute Gasteiger partial charge is 0.504 e. The molecule has 5 rings (SSSR count). The Morgan fingerprint density at radius 2 is 1.83 bits per heavy atom. The second kappa shape index (κ2) is 16.7. The fourth-order valence-electron chi connectivity index (χ4n) is 7.21. The number of unbranched alkanes of at least 4 members (excludes halogenated alkanes) is 1. The zero-order valence-corrected chi connectivity index (χ0v) is 27.6. The van der Waals surface area contributed by atoms with Crippen LogP contribution < -0.4 is 9.47 Å². The highest BCUT2D eigenvalue weighted by Crippen LogP contribution is 2.44. The molecule has 2 aliphatic rings. The lowest BCUT2D eigenvalue weighted by molar-refractivity contribution is -0.165. The number of aromatic hydroxyl groups is 3. The number of pyridine rings is 1. The van der Waals surface area contributed by atoms with Crippen molar-refractivity contribution in [2.24, 2.45) is 11.8 Å². The number of phenols is 3. The summed E-state index contributed by atoms with van der Waals surface area (Å²) in [6, 6.07) is 12.5. The van der Waals surface area contributed by atoms with Gasteiger partial charge in [0, 0.05) is 38.6 Å². The van der Waals surface area contributed by atoms with Crippen molar-refractivity contribution in [2.75, 3.05) is 13.7 Å². The monoisotopic (exact) mass is 647 g/mol. The van der Waals surface area contributed by atoms with Crippen molar-refractivity contribution in [1.82, 2.24) is 4.98 Å². The summed E-state index contributed by atoms with van der Waals surface area (Å²) in [5, 5.41) is 31.5. The van der Waals surface area contributed by atoms with Gasteiger partial charge in [0.1, 0.15) is 6.10 Å². The van der Waals surface area contributed by atoms with Crippen LogP contribution in [0.2, 0.25) is 0 Å². The Kier molecular flexibility index (Phi) is 12.2. The van der Waals surface area contributed by atoms with Crippen molar-refractivity contribution >= 4 is 5.97 Å². The molecule has 2 fully saturated rings. The average Bonchev–Trinajstić information content (AvgIpc) is 3.59. The van der Waals surface area contributed by atoms with E-state index in [1.165, 1.54) is 45.1 Å². The zero-order valence-electron chi connectivity index (χ0n) is 27.6. The summed E-state index contributed by atoms with van der Waals surface area (Å²) in [5.74, 6) is 0.656. The smallest absolute Gasteiger partial charge is 0.302 e. The highest BCUT2D eigenvalue weighted by Gasteiger charge is 2.37. The number of hydrogen-bond acceptors (Lipinski definition) is 9. The van der Waals surface area contributed by atoms with Gasteiger partial charge in [-0.3, -0.25) is 9.78 Å². The van der Waals surface area contributed by atoms with Crippen LogP contribution in [0, 0.1) is 11.8 Å². The van der Waals surface area contributed by atoms with Gasteiger partial charge in [0.2, 0.25) is 5.75 Å². The molecule has 1 aliphatic heterocycles. The van der Waals surface area contributed by atoms with Crippen LogP contribution in [0.3, 0.4) is 0 Å². The molecule has 2 aromatic carbocycles. The molecule has 1 aromatic heterocycles. The number of nitrogens with zero attached hydrogens (tertiary/aromatic N) is 1. The molecule has 0 bridgehead atoms. The van der Waals surface area contributed by atoms with Gasteiger partial charge in [-0.25, -0.2) is 0 Å². The molecule has 0 unspecified atom stereocenters. The number of hydrogen-bond donors (Lipinski definition) is 3. The fraction of sp³-hybridized carbons (Fsp3) is 0.526. The normalized spacial score (nSPS) is 20.5. The van der Waals surface area contributed by atoms with Crippen molar-refractivity contribution in [2.45, 2.75) is 102 Å². The summed E-state index contributed by atoms with van der Waals surface area (Å²) in [4.78, 5) is 16.3. The van der Waals surface area contributed by atoms with Crippen LogP contribution in [-0.2, 0) is 27.1 Å². The highest BCUT2D eigenvalue weighted by atomic mass is 16.6. The standard InChI is InChI=1S/C38H49NO8/c1-25(40)46-31-22-34(29(12-6-5-10-26-8-3-4-9-26)18-28-13-14-32(41)36(19-28)44-2)47-35(23-31)30-20-33(42)38(43)37(21-30)45-17-15-27-11-7-16-39-24-27/h7,11,13-14,16,19-21,24,26,29,31,34-35,41-43H,3-6,8-10,12,15,17-18,22-23H2,1-2H3/t29-,31-,34+,35-/m0/s1. The number of aromatic nitrogens is 1. The van der Waals surface area contributed by atoms with Gasteiger partial charge in [-0.2, -0.15) is 0 Å². The van der Waals surface area contributed by atoms with Crippen LogP contribution in [0.5, 0.6) is 28.7 Å².